The summed E-state index contributed by atoms with van der Waals surface area (Å²) in [4.78, 5) is 30.5. The molecule has 0 saturated heterocycles. The lowest BCUT2D eigenvalue weighted by molar-refractivity contribution is -0.138. The first-order valence-electron chi connectivity index (χ1n) is 8.27. The van der Waals surface area contributed by atoms with Crippen molar-refractivity contribution in [2.24, 2.45) is 5.92 Å². The summed E-state index contributed by atoms with van der Waals surface area (Å²) in [6, 6.07) is 0.101. The average Bonchev–Trinajstić information content (AvgIpc) is 3.00. The van der Waals surface area contributed by atoms with Gasteiger partial charge in [0.2, 0.25) is 5.91 Å². The van der Waals surface area contributed by atoms with Crippen LogP contribution in [0.5, 0.6) is 0 Å². The molecule has 6 heteroatoms. The van der Waals surface area contributed by atoms with Crippen molar-refractivity contribution in [3.63, 3.8) is 0 Å². The topological polar surface area (TPSA) is 59.5 Å². The van der Waals surface area contributed by atoms with Crippen LogP contribution in [0.3, 0.4) is 0 Å². The number of carbonyl (C=O) groups excluding carboxylic acids is 2. The molecule has 130 valence electrons. The fraction of sp³-hybridized carbons (Fsp3) is 0.706. The molecule has 1 heterocycles. The number of esters is 1. The smallest absolute Gasteiger partial charge is 0.357 e. The Labute approximate surface area is 143 Å². The maximum Gasteiger partial charge on any atom is 0.357 e. The molecule has 0 unspecified atom stereocenters. The first kappa shape index (κ1) is 19.6. The third-order valence-corrected chi connectivity index (χ3v) is 4.74. The van der Waals surface area contributed by atoms with Crippen LogP contribution in [-0.4, -0.2) is 34.9 Å². The molecule has 0 aliphatic carbocycles. The quantitative estimate of drug-likeness (QED) is 0.640. The third kappa shape index (κ3) is 5.61. The second kappa shape index (κ2) is 9.65. The van der Waals surface area contributed by atoms with Crippen LogP contribution < -0.4 is 0 Å². The van der Waals surface area contributed by atoms with Crippen molar-refractivity contribution in [1.82, 2.24) is 9.88 Å². The van der Waals surface area contributed by atoms with Gasteiger partial charge in [-0.15, -0.1) is 11.3 Å². The van der Waals surface area contributed by atoms with E-state index in [1.54, 1.807) is 5.38 Å². The summed E-state index contributed by atoms with van der Waals surface area (Å²) in [5, 5.41) is 2.44. The summed E-state index contributed by atoms with van der Waals surface area (Å²) in [5.74, 6) is -0.188. The number of nitrogens with zero attached hydrogens (tertiary/aromatic N) is 2. The maximum absolute atomic E-state index is 12.8. The zero-order chi connectivity index (χ0) is 17.4. The Morgan fingerprint density at radius 2 is 2.04 bits per heavy atom. The van der Waals surface area contributed by atoms with Gasteiger partial charge in [0.25, 0.3) is 0 Å². The van der Waals surface area contributed by atoms with Gasteiger partial charge in [-0.25, -0.2) is 9.78 Å². The number of methoxy groups -OCH3 is 1. The zero-order valence-corrected chi connectivity index (χ0v) is 15.6. The van der Waals surface area contributed by atoms with E-state index in [0.29, 0.717) is 12.2 Å². The number of ether oxygens (including phenoxy) is 1. The summed E-state index contributed by atoms with van der Waals surface area (Å²) in [7, 11) is 1.34. The average molecular weight is 340 g/mol. The van der Waals surface area contributed by atoms with Crippen LogP contribution in [0.25, 0.3) is 0 Å². The maximum atomic E-state index is 12.8. The number of hydrogen-bond donors (Lipinski definition) is 0. The highest BCUT2D eigenvalue weighted by molar-refractivity contribution is 7.09. The lowest BCUT2D eigenvalue weighted by Gasteiger charge is -2.29. The summed E-state index contributed by atoms with van der Waals surface area (Å²) in [5.41, 5.74) is 0.307. The number of hydrogen-bond acceptors (Lipinski definition) is 5. The zero-order valence-electron chi connectivity index (χ0n) is 14.8. The Morgan fingerprint density at radius 3 is 2.57 bits per heavy atom. The summed E-state index contributed by atoms with van der Waals surface area (Å²) in [6.07, 6.45) is 3.95. The van der Waals surface area contributed by atoms with Gasteiger partial charge in [-0.1, -0.05) is 26.7 Å². The lowest BCUT2D eigenvalue weighted by atomic mass is 9.97. The minimum atomic E-state index is -0.440. The molecule has 0 saturated carbocycles. The highest BCUT2D eigenvalue weighted by Crippen LogP contribution is 2.21. The van der Waals surface area contributed by atoms with Gasteiger partial charge < -0.3 is 9.64 Å². The molecule has 0 bridgehead atoms. The molecule has 0 N–H and O–H groups in total. The van der Waals surface area contributed by atoms with E-state index < -0.39 is 5.97 Å². The fourth-order valence-corrected chi connectivity index (χ4v) is 3.19. The van der Waals surface area contributed by atoms with Crippen molar-refractivity contribution in [3.8, 4) is 0 Å². The molecule has 0 aliphatic heterocycles. The fourth-order valence-electron chi connectivity index (χ4n) is 2.43. The van der Waals surface area contributed by atoms with Crippen LogP contribution in [0.1, 0.15) is 68.9 Å². The first-order chi connectivity index (χ1) is 10.9. The molecule has 1 aromatic rings. The molecule has 1 aromatic heterocycles. The molecule has 1 amide bonds. The van der Waals surface area contributed by atoms with Gasteiger partial charge in [-0.2, -0.15) is 0 Å². The minimum absolute atomic E-state index is 0.0670. The molecule has 0 aromatic carbocycles. The Bertz CT molecular complexity index is 514. The van der Waals surface area contributed by atoms with Crippen LogP contribution in [0.15, 0.2) is 5.38 Å². The van der Waals surface area contributed by atoms with E-state index in [2.05, 4.69) is 23.6 Å². The molecule has 0 radical (unpaired) electrons. The van der Waals surface area contributed by atoms with E-state index in [9.17, 15) is 9.59 Å². The number of unbranched alkanes of at least 4 members (excludes halogenated alkanes) is 1. The van der Waals surface area contributed by atoms with E-state index in [4.69, 9.17) is 0 Å². The molecule has 0 spiro atoms. The second-order valence-corrected chi connectivity index (χ2v) is 6.87. The van der Waals surface area contributed by atoms with Crippen molar-refractivity contribution in [2.45, 2.75) is 66.0 Å². The van der Waals surface area contributed by atoms with E-state index >= 15 is 0 Å². The monoisotopic (exact) mass is 340 g/mol. The summed E-state index contributed by atoms with van der Waals surface area (Å²) >= 11 is 1.39. The van der Waals surface area contributed by atoms with Gasteiger partial charge in [-0.05, 0) is 26.7 Å². The third-order valence-electron chi connectivity index (χ3n) is 3.91. The normalized spacial score (nSPS) is 12.3. The van der Waals surface area contributed by atoms with Crippen molar-refractivity contribution >= 4 is 23.2 Å². The number of aromatic nitrogens is 1. The van der Waals surface area contributed by atoms with Gasteiger partial charge in [0.1, 0.15) is 5.01 Å². The predicted octanol–water partition coefficient (Wildman–Crippen LogP) is 3.88. The Kier molecular flexibility index (Phi) is 8.23. The number of rotatable bonds is 9. The van der Waals surface area contributed by atoms with E-state index in [1.807, 2.05) is 18.7 Å². The lowest BCUT2D eigenvalue weighted by Crippen LogP contribution is -2.40. The van der Waals surface area contributed by atoms with Crippen molar-refractivity contribution < 1.29 is 14.3 Å². The van der Waals surface area contributed by atoms with Gasteiger partial charge in [-0.3, -0.25) is 4.79 Å². The minimum Gasteiger partial charge on any atom is -0.464 e. The molecular weight excluding hydrogens is 312 g/mol. The van der Waals surface area contributed by atoms with Crippen molar-refractivity contribution in [1.29, 1.82) is 0 Å². The van der Waals surface area contributed by atoms with Gasteiger partial charge >= 0.3 is 5.97 Å². The number of thiazole rings is 1. The van der Waals surface area contributed by atoms with Crippen molar-refractivity contribution in [2.75, 3.05) is 7.11 Å². The molecule has 1 rings (SSSR count). The molecule has 0 fully saturated rings. The first-order valence-corrected chi connectivity index (χ1v) is 9.15. The highest BCUT2D eigenvalue weighted by atomic mass is 32.1. The van der Waals surface area contributed by atoms with Gasteiger partial charge in [0.05, 0.1) is 13.7 Å². The van der Waals surface area contributed by atoms with Gasteiger partial charge in [0.15, 0.2) is 5.69 Å². The molecule has 1 atom stereocenters. The standard InChI is InChI=1S/C17H28N2O3S/c1-6-8-9-13(7-2)16(20)19(12(3)4)10-15-18-14(11-23-15)17(21)22-5/h11-13H,6-10H2,1-5H3/t13-/m1/s1. The van der Waals surface area contributed by atoms with Crippen LogP contribution in [-0.2, 0) is 16.1 Å². The molecule has 5 nitrogen and oxygen atoms in total. The summed E-state index contributed by atoms with van der Waals surface area (Å²) in [6.45, 7) is 8.68. The Morgan fingerprint density at radius 1 is 1.35 bits per heavy atom. The van der Waals surface area contributed by atoms with E-state index in [-0.39, 0.29) is 17.9 Å². The highest BCUT2D eigenvalue weighted by Gasteiger charge is 2.25. The van der Waals surface area contributed by atoms with Crippen molar-refractivity contribution in [3.05, 3.63) is 16.1 Å². The number of carbonyl (C=O) groups is 2. The Balaban J connectivity index is 2.83. The largest absolute Gasteiger partial charge is 0.464 e. The second-order valence-electron chi connectivity index (χ2n) is 5.93. The molecular formula is C17H28N2O3S. The predicted molar refractivity (Wildman–Crippen MR) is 92.4 cm³/mol. The van der Waals surface area contributed by atoms with Gasteiger partial charge in [0, 0.05) is 17.3 Å². The van der Waals surface area contributed by atoms with E-state index in [0.717, 1.165) is 30.7 Å². The SMILES string of the molecule is CCCC[C@@H](CC)C(=O)N(Cc1nc(C(=O)OC)cs1)C(C)C. The van der Waals surface area contributed by atoms with Crippen LogP contribution in [0.2, 0.25) is 0 Å². The van der Waals surface area contributed by atoms with Crippen LogP contribution in [0, 0.1) is 5.92 Å². The van der Waals surface area contributed by atoms with Crippen LogP contribution >= 0.6 is 11.3 Å². The number of amides is 1. The Hall–Kier alpha value is -1.43. The van der Waals surface area contributed by atoms with E-state index in [1.165, 1.54) is 18.4 Å². The molecule has 23 heavy (non-hydrogen) atoms. The van der Waals surface area contributed by atoms with Crippen LogP contribution in [0.4, 0.5) is 0 Å². The molecule has 0 aliphatic rings. The summed E-state index contributed by atoms with van der Waals surface area (Å²) < 4.78 is 4.67.